The lowest BCUT2D eigenvalue weighted by molar-refractivity contribution is -0.115. The number of nitrogens with one attached hydrogen (secondary N) is 2. The van der Waals surface area contributed by atoms with Crippen LogP contribution >= 0.6 is 23.2 Å². The van der Waals surface area contributed by atoms with E-state index in [4.69, 9.17) is 23.2 Å². The van der Waals surface area contributed by atoms with Crippen molar-refractivity contribution in [3.63, 3.8) is 0 Å². The second kappa shape index (κ2) is 8.78. The number of aryl methyl sites for hydroxylation is 1. The Balaban J connectivity index is 1.65. The first-order valence-electron chi connectivity index (χ1n) is 8.96. The summed E-state index contributed by atoms with van der Waals surface area (Å²) in [6, 6.07) is 15.2. The van der Waals surface area contributed by atoms with Crippen LogP contribution in [0.2, 0.25) is 10.0 Å². The Kier molecular flexibility index (Phi) is 6.39. The molecule has 1 atom stereocenters. The minimum absolute atomic E-state index is 0.0465. The SMILES string of the molecule is Cc1nn(-c2ccccc2)c(C)c1NC(=O)CN[C@@H](C)c1ccc(Cl)c(Cl)c1. The maximum absolute atomic E-state index is 12.5. The van der Waals surface area contributed by atoms with E-state index < -0.39 is 0 Å². The van der Waals surface area contributed by atoms with Crippen molar-refractivity contribution in [3.8, 4) is 5.69 Å². The van der Waals surface area contributed by atoms with E-state index in [1.807, 2.05) is 61.9 Å². The minimum Gasteiger partial charge on any atom is -0.322 e. The van der Waals surface area contributed by atoms with Gasteiger partial charge in [-0.2, -0.15) is 5.10 Å². The largest absolute Gasteiger partial charge is 0.322 e. The summed E-state index contributed by atoms with van der Waals surface area (Å²) in [5.41, 5.74) is 4.31. The highest BCUT2D eigenvalue weighted by atomic mass is 35.5. The third-order valence-corrected chi connectivity index (χ3v) is 5.31. The Bertz CT molecular complexity index is 986. The fraction of sp³-hybridized carbons (Fsp3) is 0.238. The van der Waals surface area contributed by atoms with Crippen LogP contribution in [0, 0.1) is 13.8 Å². The predicted molar refractivity (Wildman–Crippen MR) is 115 cm³/mol. The molecule has 5 nitrogen and oxygen atoms in total. The fourth-order valence-electron chi connectivity index (χ4n) is 2.97. The van der Waals surface area contributed by atoms with Gasteiger partial charge in [-0.15, -0.1) is 0 Å². The van der Waals surface area contributed by atoms with Gasteiger partial charge in [0.2, 0.25) is 5.91 Å². The Hall–Kier alpha value is -2.34. The average molecular weight is 417 g/mol. The third kappa shape index (κ3) is 4.55. The molecule has 2 aromatic carbocycles. The van der Waals surface area contributed by atoms with Crippen LogP contribution < -0.4 is 10.6 Å². The average Bonchev–Trinajstić information content (AvgIpc) is 2.97. The first-order valence-corrected chi connectivity index (χ1v) is 9.72. The molecule has 146 valence electrons. The molecule has 0 spiro atoms. The maximum atomic E-state index is 12.5. The number of halogens is 2. The number of para-hydroxylation sites is 1. The van der Waals surface area contributed by atoms with Gasteiger partial charge in [-0.3, -0.25) is 4.79 Å². The normalized spacial score (nSPS) is 12.0. The van der Waals surface area contributed by atoms with Crippen LogP contribution in [0.15, 0.2) is 48.5 Å². The molecule has 0 bridgehead atoms. The zero-order valence-electron chi connectivity index (χ0n) is 16.0. The van der Waals surface area contributed by atoms with Gasteiger partial charge in [-0.1, -0.05) is 47.5 Å². The second-order valence-corrected chi connectivity index (χ2v) is 7.43. The summed E-state index contributed by atoms with van der Waals surface area (Å²) in [4.78, 5) is 12.5. The molecule has 0 fully saturated rings. The van der Waals surface area contributed by atoms with Gasteiger partial charge in [0.1, 0.15) is 0 Å². The van der Waals surface area contributed by atoms with Crippen LogP contribution in [0.3, 0.4) is 0 Å². The molecule has 1 amide bonds. The summed E-state index contributed by atoms with van der Waals surface area (Å²) >= 11 is 12.0. The maximum Gasteiger partial charge on any atom is 0.238 e. The standard InChI is InChI=1S/C21H22Cl2N4O/c1-13(16-9-10-18(22)19(23)11-16)24-12-20(28)25-21-14(2)26-27(15(21)3)17-7-5-4-6-8-17/h4-11,13,24H,12H2,1-3H3,(H,25,28)/t13-/m0/s1. The monoisotopic (exact) mass is 416 g/mol. The van der Waals surface area contributed by atoms with E-state index in [9.17, 15) is 4.79 Å². The van der Waals surface area contributed by atoms with Gasteiger partial charge >= 0.3 is 0 Å². The van der Waals surface area contributed by atoms with Gasteiger partial charge < -0.3 is 10.6 Å². The lowest BCUT2D eigenvalue weighted by atomic mass is 10.1. The van der Waals surface area contributed by atoms with E-state index >= 15 is 0 Å². The Morgan fingerprint density at radius 2 is 1.82 bits per heavy atom. The van der Waals surface area contributed by atoms with Gasteiger partial charge in [0.05, 0.1) is 39.4 Å². The molecule has 3 aromatic rings. The first-order chi connectivity index (χ1) is 13.4. The van der Waals surface area contributed by atoms with E-state index in [0.717, 1.165) is 28.3 Å². The molecule has 2 N–H and O–H groups in total. The number of hydrogen-bond acceptors (Lipinski definition) is 3. The molecule has 1 heterocycles. The van der Waals surface area contributed by atoms with Crippen LogP contribution in [0.5, 0.6) is 0 Å². The molecule has 0 aliphatic carbocycles. The highest BCUT2D eigenvalue weighted by Crippen LogP contribution is 2.26. The molecule has 1 aromatic heterocycles. The molecule has 7 heteroatoms. The predicted octanol–water partition coefficient (Wildman–Crippen LogP) is 5.09. The number of carbonyl (C=O) groups is 1. The summed E-state index contributed by atoms with van der Waals surface area (Å²) < 4.78 is 1.83. The summed E-state index contributed by atoms with van der Waals surface area (Å²) in [5, 5.41) is 11.7. The fourth-order valence-corrected chi connectivity index (χ4v) is 3.28. The number of rotatable bonds is 6. The topological polar surface area (TPSA) is 59.0 Å². The van der Waals surface area contributed by atoms with Crippen LogP contribution in [0.4, 0.5) is 5.69 Å². The number of aromatic nitrogens is 2. The molecule has 0 unspecified atom stereocenters. The second-order valence-electron chi connectivity index (χ2n) is 6.62. The first kappa shape index (κ1) is 20.4. The van der Waals surface area contributed by atoms with Crippen LogP contribution in [-0.4, -0.2) is 22.2 Å². The number of nitrogens with zero attached hydrogens (tertiary/aromatic N) is 2. The number of carbonyl (C=O) groups excluding carboxylic acids is 1. The van der Waals surface area contributed by atoms with Crippen molar-refractivity contribution >= 4 is 34.8 Å². The van der Waals surface area contributed by atoms with Gasteiger partial charge in [0, 0.05) is 6.04 Å². The molecule has 0 saturated heterocycles. The lowest BCUT2D eigenvalue weighted by Gasteiger charge is -2.15. The number of hydrogen-bond donors (Lipinski definition) is 2. The van der Waals surface area contributed by atoms with Crippen LogP contribution in [-0.2, 0) is 4.79 Å². The van der Waals surface area contributed by atoms with Gasteiger partial charge in [0.25, 0.3) is 0 Å². The molecule has 0 saturated carbocycles. The van der Waals surface area contributed by atoms with Crippen molar-refractivity contribution in [2.45, 2.75) is 26.8 Å². The number of anilines is 1. The van der Waals surface area contributed by atoms with Crippen molar-refractivity contribution in [2.24, 2.45) is 0 Å². The van der Waals surface area contributed by atoms with Crippen molar-refractivity contribution < 1.29 is 4.79 Å². The van der Waals surface area contributed by atoms with Crippen molar-refractivity contribution in [2.75, 3.05) is 11.9 Å². The quantitative estimate of drug-likeness (QED) is 0.588. The zero-order chi connectivity index (χ0) is 20.3. The van der Waals surface area contributed by atoms with E-state index in [1.165, 1.54) is 0 Å². The van der Waals surface area contributed by atoms with Crippen molar-refractivity contribution in [1.82, 2.24) is 15.1 Å². The molecule has 0 radical (unpaired) electrons. The summed E-state index contributed by atoms with van der Waals surface area (Å²) in [6.07, 6.45) is 0. The van der Waals surface area contributed by atoms with Gasteiger partial charge in [-0.25, -0.2) is 4.68 Å². The Morgan fingerprint density at radius 1 is 1.11 bits per heavy atom. The number of benzene rings is 2. The minimum atomic E-state index is -0.134. The van der Waals surface area contributed by atoms with E-state index in [1.54, 1.807) is 12.1 Å². The highest BCUT2D eigenvalue weighted by Gasteiger charge is 2.16. The van der Waals surface area contributed by atoms with Crippen molar-refractivity contribution in [1.29, 1.82) is 0 Å². The lowest BCUT2D eigenvalue weighted by Crippen LogP contribution is -2.30. The molecular weight excluding hydrogens is 395 g/mol. The Morgan fingerprint density at radius 3 is 2.50 bits per heavy atom. The van der Waals surface area contributed by atoms with Crippen molar-refractivity contribution in [3.05, 3.63) is 75.5 Å². The summed E-state index contributed by atoms with van der Waals surface area (Å²) in [7, 11) is 0. The van der Waals surface area contributed by atoms with Crippen LogP contribution in [0.25, 0.3) is 5.69 Å². The highest BCUT2D eigenvalue weighted by molar-refractivity contribution is 6.42. The van der Waals surface area contributed by atoms with E-state index in [-0.39, 0.29) is 18.5 Å². The van der Waals surface area contributed by atoms with Crippen LogP contribution in [0.1, 0.15) is 29.9 Å². The molecular formula is C21H22Cl2N4O. The zero-order valence-corrected chi connectivity index (χ0v) is 17.5. The third-order valence-electron chi connectivity index (χ3n) is 4.57. The van der Waals surface area contributed by atoms with Gasteiger partial charge in [-0.05, 0) is 50.6 Å². The Labute approximate surface area is 174 Å². The molecule has 28 heavy (non-hydrogen) atoms. The molecule has 3 rings (SSSR count). The number of amides is 1. The van der Waals surface area contributed by atoms with Gasteiger partial charge in [0.15, 0.2) is 0 Å². The summed E-state index contributed by atoms with van der Waals surface area (Å²) in [5.74, 6) is -0.134. The van der Waals surface area contributed by atoms with E-state index in [2.05, 4.69) is 15.7 Å². The molecule has 0 aliphatic rings. The smallest absolute Gasteiger partial charge is 0.238 e. The molecule has 0 aliphatic heterocycles. The summed E-state index contributed by atoms with van der Waals surface area (Å²) in [6.45, 7) is 5.95. The van der Waals surface area contributed by atoms with E-state index in [0.29, 0.717) is 10.0 Å².